The Balaban J connectivity index is 1.80. The average molecular weight is 340 g/mol. The molecule has 1 aliphatic heterocycles. The van der Waals surface area contributed by atoms with Crippen molar-refractivity contribution in [3.05, 3.63) is 41.1 Å². The van der Waals surface area contributed by atoms with Crippen molar-refractivity contribution in [3.63, 3.8) is 0 Å². The van der Waals surface area contributed by atoms with E-state index in [1.54, 1.807) is 21.4 Å². The molecule has 0 radical (unpaired) electrons. The summed E-state index contributed by atoms with van der Waals surface area (Å²) in [5, 5.41) is 4.42. The Morgan fingerprint density at radius 2 is 1.64 bits per heavy atom. The average Bonchev–Trinajstić information content (AvgIpc) is 2.96. The molecule has 1 aromatic carbocycles. The highest BCUT2D eigenvalue weighted by molar-refractivity contribution is 5.93. The van der Waals surface area contributed by atoms with Crippen molar-refractivity contribution in [2.24, 2.45) is 7.05 Å². The fraction of sp³-hybridized carbons (Fsp3) is 0.421. The van der Waals surface area contributed by atoms with E-state index in [-0.39, 0.29) is 11.8 Å². The second kappa shape index (κ2) is 6.70. The molecule has 0 aliphatic carbocycles. The van der Waals surface area contributed by atoms with Crippen LogP contribution in [0.15, 0.2) is 24.3 Å². The van der Waals surface area contributed by atoms with Crippen LogP contribution in [-0.4, -0.2) is 57.6 Å². The van der Waals surface area contributed by atoms with Crippen LogP contribution in [0.5, 0.6) is 0 Å². The van der Waals surface area contributed by atoms with Crippen LogP contribution < -0.4 is 0 Å². The summed E-state index contributed by atoms with van der Waals surface area (Å²) in [6, 6.07) is 8.13. The molecule has 1 aromatic heterocycles. The largest absolute Gasteiger partial charge is 0.339 e. The van der Waals surface area contributed by atoms with E-state index in [1.165, 1.54) is 5.56 Å². The van der Waals surface area contributed by atoms with Gasteiger partial charge in [0.15, 0.2) is 5.69 Å². The summed E-state index contributed by atoms with van der Waals surface area (Å²) in [5.41, 5.74) is 4.85. The highest BCUT2D eigenvalue weighted by Gasteiger charge is 2.25. The molecule has 1 aliphatic rings. The van der Waals surface area contributed by atoms with E-state index in [1.807, 2.05) is 13.1 Å². The number of rotatable bonds is 2. The van der Waals surface area contributed by atoms with Crippen molar-refractivity contribution >= 4 is 11.8 Å². The van der Waals surface area contributed by atoms with Crippen molar-refractivity contribution in [1.29, 1.82) is 0 Å². The fourth-order valence-corrected chi connectivity index (χ4v) is 3.31. The van der Waals surface area contributed by atoms with E-state index >= 15 is 0 Å². The molecule has 0 saturated carbocycles. The lowest BCUT2D eigenvalue weighted by molar-refractivity contribution is -0.130. The molecule has 1 fully saturated rings. The number of hydrogen-bond acceptors (Lipinski definition) is 3. The van der Waals surface area contributed by atoms with Gasteiger partial charge in [0, 0.05) is 45.7 Å². The standard InChI is InChI=1S/C19H24N4O2/c1-13-5-6-16(14(2)11-13)18-12-17(20-21(18)4)19(25)23-9-7-22(8-10-23)15(3)24/h5-6,11-12H,7-10H2,1-4H3. The molecular formula is C19H24N4O2. The van der Waals surface area contributed by atoms with Crippen LogP contribution in [0.2, 0.25) is 0 Å². The van der Waals surface area contributed by atoms with Crippen molar-refractivity contribution in [3.8, 4) is 11.3 Å². The summed E-state index contributed by atoms with van der Waals surface area (Å²) in [6.45, 7) is 7.96. The zero-order valence-electron chi connectivity index (χ0n) is 15.2. The van der Waals surface area contributed by atoms with Gasteiger partial charge in [-0.25, -0.2) is 0 Å². The predicted octanol–water partition coefficient (Wildman–Crippen LogP) is 2.01. The first-order valence-corrected chi connectivity index (χ1v) is 8.53. The maximum absolute atomic E-state index is 12.8. The highest BCUT2D eigenvalue weighted by atomic mass is 16.2. The Hall–Kier alpha value is -2.63. The normalized spacial score (nSPS) is 14.7. The number of amides is 2. The number of nitrogens with zero attached hydrogens (tertiary/aromatic N) is 4. The Morgan fingerprint density at radius 3 is 2.24 bits per heavy atom. The fourth-order valence-electron chi connectivity index (χ4n) is 3.31. The molecule has 0 atom stereocenters. The predicted molar refractivity (Wildman–Crippen MR) is 96.3 cm³/mol. The smallest absolute Gasteiger partial charge is 0.274 e. The third-order valence-electron chi connectivity index (χ3n) is 4.77. The molecule has 6 nitrogen and oxygen atoms in total. The number of benzene rings is 1. The Kier molecular flexibility index (Phi) is 4.61. The van der Waals surface area contributed by atoms with Gasteiger partial charge in [0.25, 0.3) is 5.91 Å². The first kappa shape index (κ1) is 17.2. The molecule has 1 saturated heterocycles. The number of carbonyl (C=O) groups is 2. The highest BCUT2D eigenvalue weighted by Crippen LogP contribution is 2.25. The monoisotopic (exact) mass is 340 g/mol. The van der Waals surface area contributed by atoms with Gasteiger partial charge in [0.1, 0.15) is 0 Å². The first-order valence-electron chi connectivity index (χ1n) is 8.53. The zero-order chi connectivity index (χ0) is 18.1. The number of carbonyl (C=O) groups excluding carboxylic acids is 2. The molecule has 2 amide bonds. The summed E-state index contributed by atoms with van der Waals surface area (Å²) in [6.07, 6.45) is 0. The van der Waals surface area contributed by atoms with E-state index in [4.69, 9.17) is 0 Å². The van der Waals surface area contributed by atoms with E-state index in [0.717, 1.165) is 16.8 Å². The van der Waals surface area contributed by atoms with Crippen LogP contribution in [0, 0.1) is 13.8 Å². The summed E-state index contributed by atoms with van der Waals surface area (Å²) in [5.74, 6) is -0.0168. The third-order valence-corrected chi connectivity index (χ3v) is 4.77. The van der Waals surface area contributed by atoms with Crippen molar-refractivity contribution in [1.82, 2.24) is 19.6 Å². The van der Waals surface area contributed by atoms with Crippen LogP contribution in [0.1, 0.15) is 28.5 Å². The third kappa shape index (κ3) is 3.43. The van der Waals surface area contributed by atoms with Crippen LogP contribution in [0.3, 0.4) is 0 Å². The molecule has 0 bridgehead atoms. The molecule has 3 rings (SSSR count). The van der Waals surface area contributed by atoms with Crippen LogP contribution in [-0.2, 0) is 11.8 Å². The molecule has 0 N–H and O–H groups in total. The van der Waals surface area contributed by atoms with Gasteiger partial charge in [0.2, 0.25) is 5.91 Å². The van der Waals surface area contributed by atoms with Crippen LogP contribution in [0.25, 0.3) is 11.3 Å². The number of aryl methyl sites for hydroxylation is 3. The van der Waals surface area contributed by atoms with Gasteiger partial charge >= 0.3 is 0 Å². The minimum atomic E-state index is -0.0742. The lowest BCUT2D eigenvalue weighted by atomic mass is 10.0. The molecule has 2 aromatic rings. The van der Waals surface area contributed by atoms with Gasteiger partial charge < -0.3 is 9.80 Å². The lowest BCUT2D eigenvalue weighted by Crippen LogP contribution is -2.50. The van der Waals surface area contributed by atoms with Crippen LogP contribution in [0.4, 0.5) is 0 Å². The van der Waals surface area contributed by atoms with Gasteiger partial charge in [-0.3, -0.25) is 14.3 Å². The lowest BCUT2D eigenvalue weighted by Gasteiger charge is -2.33. The van der Waals surface area contributed by atoms with E-state index in [9.17, 15) is 9.59 Å². The van der Waals surface area contributed by atoms with Gasteiger partial charge in [-0.1, -0.05) is 23.8 Å². The minimum Gasteiger partial charge on any atom is -0.339 e. The van der Waals surface area contributed by atoms with E-state index in [0.29, 0.717) is 31.9 Å². The van der Waals surface area contributed by atoms with Gasteiger partial charge in [-0.2, -0.15) is 5.10 Å². The van der Waals surface area contributed by atoms with Gasteiger partial charge in [0.05, 0.1) is 5.69 Å². The van der Waals surface area contributed by atoms with Crippen molar-refractivity contribution in [2.45, 2.75) is 20.8 Å². The second-order valence-electron chi connectivity index (χ2n) is 6.66. The molecule has 132 valence electrons. The maximum Gasteiger partial charge on any atom is 0.274 e. The summed E-state index contributed by atoms with van der Waals surface area (Å²) in [7, 11) is 1.86. The van der Waals surface area contributed by atoms with Crippen LogP contribution >= 0.6 is 0 Å². The summed E-state index contributed by atoms with van der Waals surface area (Å²) >= 11 is 0. The molecule has 0 unspecified atom stereocenters. The molecule has 0 spiro atoms. The summed E-state index contributed by atoms with van der Waals surface area (Å²) in [4.78, 5) is 27.7. The molecule has 25 heavy (non-hydrogen) atoms. The number of piperazine rings is 1. The minimum absolute atomic E-state index is 0.0575. The Labute approximate surface area is 148 Å². The maximum atomic E-state index is 12.8. The van der Waals surface area contributed by atoms with E-state index < -0.39 is 0 Å². The van der Waals surface area contributed by atoms with Gasteiger partial charge in [-0.05, 0) is 25.5 Å². The van der Waals surface area contributed by atoms with Crippen molar-refractivity contribution < 1.29 is 9.59 Å². The summed E-state index contributed by atoms with van der Waals surface area (Å²) < 4.78 is 1.76. The molecule has 6 heteroatoms. The topological polar surface area (TPSA) is 58.4 Å². The Morgan fingerprint density at radius 1 is 1.00 bits per heavy atom. The van der Waals surface area contributed by atoms with E-state index in [2.05, 4.69) is 37.1 Å². The molecule has 2 heterocycles. The SMILES string of the molecule is CC(=O)N1CCN(C(=O)c2cc(-c3ccc(C)cc3C)n(C)n2)CC1. The second-order valence-corrected chi connectivity index (χ2v) is 6.66. The number of hydrogen-bond donors (Lipinski definition) is 0. The van der Waals surface area contributed by atoms with Gasteiger partial charge in [-0.15, -0.1) is 0 Å². The van der Waals surface area contributed by atoms with Crippen molar-refractivity contribution in [2.75, 3.05) is 26.2 Å². The quantitative estimate of drug-likeness (QED) is 0.840. The number of aromatic nitrogens is 2. The molecular weight excluding hydrogens is 316 g/mol. The Bertz CT molecular complexity index is 817. The zero-order valence-corrected chi connectivity index (χ0v) is 15.2. The first-order chi connectivity index (χ1) is 11.9.